The fraction of sp³-hybridized carbons (Fsp3) is 0.438. The minimum absolute atomic E-state index is 0.0899. The number of hydrogen-bond donors (Lipinski definition) is 1. The number of aliphatic hydroxyl groups is 1. The van der Waals surface area contributed by atoms with Gasteiger partial charge in [-0.15, -0.1) is 0 Å². The third kappa shape index (κ3) is 3.87. The average Bonchev–Trinajstić information content (AvgIpc) is 3.01. The van der Waals surface area contributed by atoms with Gasteiger partial charge in [0.2, 0.25) is 0 Å². The van der Waals surface area contributed by atoms with Gasteiger partial charge in [0.15, 0.2) is 0 Å². The highest BCUT2D eigenvalue weighted by Gasteiger charge is 2.23. The molecule has 1 aliphatic heterocycles. The van der Waals surface area contributed by atoms with E-state index in [1.165, 1.54) is 0 Å². The van der Waals surface area contributed by atoms with E-state index in [1.54, 1.807) is 12.3 Å². The molecule has 0 saturated carbocycles. The molecule has 1 aromatic carbocycles. The highest BCUT2D eigenvalue weighted by Crippen LogP contribution is 2.23. The van der Waals surface area contributed by atoms with Crippen molar-refractivity contribution in [2.45, 2.75) is 18.8 Å². The van der Waals surface area contributed by atoms with Gasteiger partial charge >= 0.3 is 0 Å². The molecule has 0 bridgehead atoms. The first-order valence-electron chi connectivity index (χ1n) is 7.46. The maximum atomic E-state index is 10.4. The zero-order chi connectivity index (χ0) is 15.4. The van der Waals surface area contributed by atoms with Crippen LogP contribution in [-0.4, -0.2) is 52.1 Å². The number of rotatable bonds is 5. The minimum Gasteiger partial charge on any atom is -0.387 e. The lowest BCUT2D eigenvalue weighted by atomic mass is 10.1. The molecule has 118 valence electrons. The van der Waals surface area contributed by atoms with E-state index in [0.717, 1.165) is 25.2 Å². The Kier molecular flexibility index (Phi) is 5.10. The van der Waals surface area contributed by atoms with Crippen LogP contribution in [0.2, 0.25) is 5.02 Å². The molecule has 2 aromatic rings. The molecule has 22 heavy (non-hydrogen) atoms. The van der Waals surface area contributed by atoms with Gasteiger partial charge in [-0.3, -0.25) is 9.58 Å². The maximum Gasteiger partial charge on any atom is 0.0931 e. The third-order valence-electron chi connectivity index (χ3n) is 3.87. The SMILES string of the molecule is O[C@H](CN1CCO[C@H](Cn2cccn2)C1)c1ccccc1Cl. The van der Waals surface area contributed by atoms with E-state index in [-0.39, 0.29) is 6.10 Å². The fourth-order valence-electron chi connectivity index (χ4n) is 2.76. The van der Waals surface area contributed by atoms with E-state index in [2.05, 4.69) is 10.00 Å². The Bertz CT molecular complexity index is 591. The zero-order valence-corrected chi connectivity index (χ0v) is 13.1. The smallest absolute Gasteiger partial charge is 0.0931 e. The summed E-state index contributed by atoms with van der Waals surface area (Å²) in [4.78, 5) is 2.21. The first-order chi connectivity index (χ1) is 10.7. The number of morpholine rings is 1. The van der Waals surface area contributed by atoms with Crippen LogP contribution in [0.25, 0.3) is 0 Å². The predicted molar refractivity (Wildman–Crippen MR) is 84.8 cm³/mol. The van der Waals surface area contributed by atoms with E-state index in [9.17, 15) is 5.11 Å². The van der Waals surface area contributed by atoms with Crippen molar-refractivity contribution in [3.8, 4) is 0 Å². The number of aromatic nitrogens is 2. The van der Waals surface area contributed by atoms with E-state index < -0.39 is 6.10 Å². The fourth-order valence-corrected chi connectivity index (χ4v) is 3.02. The van der Waals surface area contributed by atoms with Crippen LogP contribution in [0.3, 0.4) is 0 Å². The second-order valence-electron chi connectivity index (χ2n) is 5.52. The molecule has 1 aliphatic rings. The van der Waals surface area contributed by atoms with E-state index >= 15 is 0 Å². The van der Waals surface area contributed by atoms with E-state index in [0.29, 0.717) is 18.2 Å². The van der Waals surface area contributed by atoms with Gasteiger partial charge in [0, 0.05) is 42.6 Å². The summed E-state index contributed by atoms with van der Waals surface area (Å²) in [5, 5.41) is 15.2. The minimum atomic E-state index is -0.586. The van der Waals surface area contributed by atoms with Crippen LogP contribution < -0.4 is 0 Å². The van der Waals surface area contributed by atoms with Crippen molar-refractivity contribution in [1.82, 2.24) is 14.7 Å². The standard InChI is InChI=1S/C16H20ClN3O2/c17-15-5-2-1-4-14(15)16(21)12-19-8-9-22-13(10-19)11-20-7-3-6-18-20/h1-7,13,16,21H,8-12H2/t13-,16+/m0/s1. The number of aliphatic hydroxyl groups excluding tert-OH is 1. The van der Waals surface area contributed by atoms with Crippen molar-refractivity contribution in [3.05, 3.63) is 53.3 Å². The van der Waals surface area contributed by atoms with Gasteiger partial charge in [-0.05, 0) is 12.1 Å². The lowest BCUT2D eigenvalue weighted by Gasteiger charge is -2.34. The molecule has 1 fully saturated rings. The molecule has 2 heterocycles. The van der Waals surface area contributed by atoms with Gasteiger partial charge in [0.25, 0.3) is 0 Å². The van der Waals surface area contributed by atoms with E-state index in [1.807, 2.05) is 35.1 Å². The van der Waals surface area contributed by atoms with Gasteiger partial charge in [-0.25, -0.2) is 0 Å². The summed E-state index contributed by atoms with van der Waals surface area (Å²) in [7, 11) is 0. The molecule has 0 amide bonds. The molecule has 0 radical (unpaired) electrons. The molecule has 3 rings (SSSR count). The Morgan fingerprint density at radius 2 is 2.23 bits per heavy atom. The zero-order valence-electron chi connectivity index (χ0n) is 12.3. The summed E-state index contributed by atoms with van der Waals surface area (Å²) in [6.07, 6.45) is 3.20. The molecule has 1 N–H and O–H groups in total. The second kappa shape index (κ2) is 7.24. The predicted octanol–water partition coefficient (Wildman–Crippen LogP) is 1.97. The number of β-amino-alcohol motifs (C(OH)–C–C–N with tert-alkyl or cyclic N) is 1. The van der Waals surface area contributed by atoms with Crippen LogP contribution >= 0.6 is 11.6 Å². The molecular weight excluding hydrogens is 302 g/mol. The molecule has 1 aromatic heterocycles. The van der Waals surface area contributed by atoms with Crippen LogP contribution in [0.1, 0.15) is 11.7 Å². The molecule has 0 spiro atoms. The summed E-state index contributed by atoms with van der Waals surface area (Å²) in [6, 6.07) is 9.34. The molecule has 1 saturated heterocycles. The van der Waals surface area contributed by atoms with Crippen molar-refractivity contribution in [2.24, 2.45) is 0 Å². The Hall–Kier alpha value is -1.40. The Morgan fingerprint density at radius 1 is 1.36 bits per heavy atom. The van der Waals surface area contributed by atoms with Crippen LogP contribution in [0.15, 0.2) is 42.7 Å². The maximum absolute atomic E-state index is 10.4. The van der Waals surface area contributed by atoms with Crippen LogP contribution in [0.5, 0.6) is 0 Å². The van der Waals surface area contributed by atoms with E-state index in [4.69, 9.17) is 16.3 Å². The summed E-state index contributed by atoms with van der Waals surface area (Å²) < 4.78 is 7.66. The molecule has 5 nitrogen and oxygen atoms in total. The van der Waals surface area contributed by atoms with Crippen molar-refractivity contribution in [1.29, 1.82) is 0 Å². The average molecular weight is 322 g/mol. The van der Waals surface area contributed by atoms with Crippen molar-refractivity contribution < 1.29 is 9.84 Å². The lowest BCUT2D eigenvalue weighted by Crippen LogP contribution is -2.45. The summed E-state index contributed by atoms with van der Waals surface area (Å²) >= 11 is 6.15. The summed E-state index contributed by atoms with van der Waals surface area (Å²) in [6.45, 7) is 3.55. The van der Waals surface area contributed by atoms with Crippen molar-refractivity contribution in [3.63, 3.8) is 0 Å². The van der Waals surface area contributed by atoms with Gasteiger partial charge in [0.05, 0.1) is 25.4 Å². The normalized spacial score (nSPS) is 20.9. The van der Waals surface area contributed by atoms with Crippen molar-refractivity contribution in [2.75, 3.05) is 26.2 Å². The largest absolute Gasteiger partial charge is 0.387 e. The van der Waals surface area contributed by atoms with Gasteiger partial charge in [0.1, 0.15) is 0 Å². The molecule has 0 aliphatic carbocycles. The van der Waals surface area contributed by atoms with Gasteiger partial charge < -0.3 is 9.84 Å². The molecular formula is C16H20ClN3O2. The number of ether oxygens (including phenoxy) is 1. The summed E-state index contributed by atoms with van der Waals surface area (Å²) in [5.41, 5.74) is 0.777. The van der Waals surface area contributed by atoms with Gasteiger partial charge in [-0.2, -0.15) is 5.10 Å². The van der Waals surface area contributed by atoms with Crippen molar-refractivity contribution >= 4 is 11.6 Å². The molecule has 0 unspecified atom stereocenters. The highest BCUT2D eigenvalue weighted by molar-refractivity contribution is 6.31. The number of hydrogen-bond acceptors (Lipinski definition) is 4. The number of benzene rings is 1. The molecule has 6 heteroatoms. The lowest BCUT2D eigenvalue weighted by molar-refractivity contribution is -0.0486. The summed E-state index contributed by atoms with van der Waals surface area (Å²) in [5.74, 6) is 0. The van der Waals surface area contributed by atoms with Crippen LogP contribution in [0, 0.1) is 0 Å². The Balaban J connectivity index is 1.57. The number of halogens is 1. The first-order valence-corrected chi connectivity index (χ1v) is 7.84. The monoisotopic (exact) mass is 321 g/mol. The Morgan fingerprint density at radius 3 is 3.00 bits per heavy atom. The Labute approximate surface area is 135 Å². The third-order valence-corrected chi connectivity index (χ3v) is 4.21. The van der Waals surface area contributed by atoms with Crippen LogP contribution in [-0.2, 0) is 11.3 Å². The number of nitrogens with zero attached hydrogens (tertiary/aromatic N) is 3. The first kappa shape index (κ1) is 15.5. The quantitative estimate of drug-likeness (QED) is 0.915. The highest BCUT2D eigenvalue weighted by atomic mass is 35.5. The second-order valence-corrected chi connectivity index (χ2v) is 5.92. The topological polar surface area (TPSA) is 50.5 Å². The van der Waals surface area contributed by atoms with Gasteiger partial charge in [-0.1, -0.05) is 29.8 Å². The molecule has 2 atom stereocenters. The van der Waals surface area contributed by atoms with Crippen LogP contribution in [0.4, 0.5) is 0 Å².